The van der Waals surface area contributed by atoms with E-state index in [1.54, 1.807) is 25.5 Å². The van der Waals surface area contributed by atoms with Crippen LogP contribution in [0.25, 0.3) is 5.41 Å². The van der Waals surface area contributed by atoms with Crippen molar-refractivity contribution in [2.45, 2.75) is 6.92 Å². The van der Waals surface area contributed by atoms with E-state index < -0.39 is 0 Å². The molecule has 20 heavy (non-hydrogen) atoms. The summed E-state index contributed by atoms with van der Waals surface area (Å²) in [6.07, 6.45) is 1.61. The summed E-state index contributed by atoms with van der Waals surface area (Å²) in [6.45, 7) is 4.49. The average Bonchev–Trinajstić information content (AvgIpc) is 2.41. The first kappa shape index (κ1) is 21.1. The molecular formula is C13H17CuN3O2S. The number of ether oxygens (including phenoxy) is 1. The molecule has 0 spiro atoms. The number of hydrogen-bond acceptors (Lipinski definition) is 5. The van der Waals surface area contributed by atoms with Crippen LogP contribution in [0, 0.1) is 0 Å². The number of methoxy groups -OCH3 is 1. The Kier molecular flexibility index (Phi) is 14.9. The van der Waals surface area contributed by atoms with Gasteiger partial charge >= 0.3 is 17.1 Å². The molecule has 0 atom stereocenters. The van der Waals surface area contributed by atoms with E-state index in [4.69, 9.17) is 10.1 Å². The van der Waals surface area contributed by atoms with Crippen LogP contribution >= 0.6 is 12.2 Å². The minimum atomic E-state index is -0.0634. The third-order valence-electron chi connectivity index (χ3n) is 2.12. The molecule has 0 saturated heterocycles. The molecule has 0 aromatic heterocycles. The maximum atomic E-state index is 11.5. The predicted octanol–water partition coefficient (Wildman–Crippen LogP) is 1.45. The fourth-order valence-corrected chi connectivity index (χ4v) is 1.23. The average molecular weight is 343 g/mol. The third kappa shape index (κ3) is 9.67. The van der Waals surface area contributed by atoms with E-state index in [0.717, 1.165) is 13.1 Å². The number of nitrogens with one attached hydrogen (secondary N) is 1. The van der Waals surface area contributed by atoms with Crippen molar-refractivity contribution in [2.24, 2.45) is 4.99 Å². The van der Waals surface area contributed by atoms with Gasteiger partial charge in [-0.2, -0.15) is 5.16 Å². The summed E-state index contributed by atoms with van der Waals surface area (Å²) < 4.78 is 4.95. The largest absolute Gasteiger partial charge is 2.00 e. The van der Waals surface area contributed by atoms with Gasteiger partial charge in [-0.1, -0.05) is 31.0 Å². The molecule has 0 bridgehead atoms. The van der Waals surface area contributed by atoms with Crippen molar-refractivity contribution in [3.8, 4) is 11.5 Å². The molecule has 5 nitrogen and oxygen atoms in total. The van der Waals surface area contributed by atoms with Crippen LogP contribution in [-0.4, -0.2) is 38.1 Å². The standard InChI is InChI=1S/C12H18N2O2.CNS.Cu/c1-3-13-6-7-14-9-10-4-5-11(16-2)8-12(10)15;2-1-3;/h4-5,8-9,13,15H,3,6-7H2,1-2H3;;/q;-1;+2/p-1. The van der Waals surface area contributed by atoms with Crippen molar-refractivity contribution < 1.29 is 26.9 Å². The fourth-order valence-electron chi connectivity index (χ4n) is 1.23. The Morgan fingerprint density at radius 2 is 2.20 bits per heavy atom. The second-order valence-electron chi connectivity index (χ2n) is 3.38. The normalized spacial score (nSPS) is 9.10. The first-order valence-electron chi connectivity index (χ1n) is 5.76. The van der Waals surface area contributed by atoms with Gasteiger partial charge in [0.15, 0.2) is 0 Å². The summed E-state index contributed by atoms with van der Waals surface area (Å²) in [5.41, 5.74) is 0.595. The number of rotatable bonds is 6. The van der Waals surface area contributed by atoms with Crippen LogP contribution in [0.5, 0.6) is 11.5 Å². The molecule has 1 radical (unpaired) electrons. The van der Waals surface area contributed by atoms with Crippen molar-refractivity contribution in [2.75, 3.05) is 26.7 Å². The number of thiocarbonyl (C=S) groups is 1. The number of aliphatic imine (C=N–C) groups is 1. The molecule has 1 N–H and O–H groups in total. The van der Waals surface area contributed by atoms with Crippen molar-refractivity contribution in [3.63, 3.8) is 0 Å². The van der Waals surface area contributed by atoms with Crippen LogP contribution in [0.1, 0.15) is 12.5 Å². The first-order valence-corrected chi connectivity index (χ1v) is 6.17. The second-order valence-corrected chi connectivity index (χ2v) is 3.57. The van der Waals surface area contributed by atoms with Crippen molar-refractivity contribution in [1.82, 2.24) is 5.32 Å². The molecule has 0 aliphatic heterocycles. The van der Waals surface area contributed by atoms with Crippen molar-refractivity contribution in [1.29, 1.82) is 0 Å². The Bertz CT molecular complexity index is 436. The fraction of sp³-hybridized carbons (Fsp3) is 0.385. The number of benzene rings is 1. The van der Waals surface area contributed by atoms with Gasteiger partial charge in [0.25, 0.3) is 0 Å². The van der Waals surface area contributed by atoms with Crippen LogP contribution in [-0.2, 0) is 17.1 Å². The zero-order chi connectivity index (χ0) is 14.5. The molecule has 0 unspecified atom stereocenters. The van der Waals surface area contributed by atoms with Crippen molar-refractivity contribution in [3.05, 3.63) is 29.2 Å². The van der Waals surface area contributed by atoms with Crippen LogP contribution < -0.4 is 15.2 Å². The maximum absolute atomic E-state index is 11.5. The Labute approximate surface area is 135 Å². The van der Waals surface area contributed by atoms with Gasteiger partial charge in [-0.25, -0.2) is 0 Å². The quantitative estimate of drug-likeness (QED) is 0.367. The monoisotopic (exact) mass is 342 g/mol. The van der Waals surface area contributed by atoms with Crippen LogP contribution in [0.3, 0.4) is 0 Å². The predicted molar refractivity (Wildman–Crippen MR) is 79.4 cm³/mol. The van der Waals surface area contributed by atoms with Gasteiger partial charge < -0.3 is 20.6 Å². The summed E-state index contributed by atoms with van der Waals surface area (Å²) in [6, 6.07) is 4.94. The smallest absolute Gasteiger partial charge is 0.872 e. The van der Waals surface area contributed by atoms with Gasteiger partial charge in [-0.3, -0.25) is 4.99 Å². The summed E-state index contributed by atoms with van der Waals surface area (Å²) in [4.78, 5) is 4.17. The van der Waals surface area contributed by atoms with E-state index in [0.29, 0.717) is 17.9 Å². The van der Waals surface area contributed by atoms with Gasteiger partial charge in [0, 0.05) is 12.8 Å². The van der Waals surface area contributed by atoms with Gasteiger partial charge in [-0.15, -0.1) is 0 Å². The van der Waals surface area contributed by atoms with Crippen molar-refractivity contribution >= 4 is 23.6 Å². The third-order valence-corrected chi connectivity index (χ3v) is 2.12. The summed E-state index contributed by atoms with van der Waals surface area (Å²) >= 11 is 3.70. The number of hydrogen-bond donors (Lipinski definition) is 1. The molecule has 0 aliphatic carbocycles. The van der Waals surface area contributed by atoms with Crippen LogP contribution in [0.15, 0.2) is 23.2 Å². The molecule has 0 aliphatic rings. The number of likely N-dealkylation sites (N-methyl/N-ethyl adjacent to an activating group) is 1. The van der Waals surface area contributed by atoms with E-state index in [1.807, 2.05) is 6.92 Å². The Morgan fingerprint density at radius 3 is 2.70 bits per heavy atom. The Hall–Kier alpha value is -1.23. The second kappa shape index (κ2) is 14.2. The van der Waals surface area contributed by atoms with E-state index >= 15 is 0 Å². The van der Waals surface area contributed by atoms with E-state index in [1.165, 1.54) is 11.2 Å². The Balaban J connectivity index is 0. The first-order chi connectivity index (χ1) is 9.19. The van der Waals surface area contributed by atoms with Crippen LogP contribution in [0.4, 0.5) is 0 Å². The molecular weight excluding hydrogens is 326 g/mol. The van der Waals surface area contributed by atoms with Crippen LogP contribution in [0.2, 0.25) is 0 Å². The molecule has 1 aromatic rings. The molecule has 0 fully saturated rings. The van der Waals surface area contributed by atoms with E-state index in [-0.39, 0.29) is 22.8 Å². The van der Waals surface area contributed by atoms with Gasteiger partial charge in [-0.05, 0) is 24.2 Å². The summed E-state index contributed by atoms with van der Waals surface area (Å²) in [5, 5.41) is 23.2. The zero-order valence-corrected chi connectivity index (χ0v) is 13.1. The van der Waals surface area contributed by atoms with E-state index in [2.05, 4.69) is 22.5 Å². The van der Waals surface area contributed by atoms with Gasteiger partial charge in [0.2, 0.25) is 0 Å². The zero-order valence-electron chi connectivity index (χ0n) is 11.4. The summed E-state index contributed by atoms with van der Waals surface area (Å²) in [7, 11) is 1.54. The SMILES string of the molecule is CCNCCN=Cc1ccc(OC)cc1[O-].[Cu+2].[N-]=C=S. The molecule has 0 saturated carbocycles. The molecule has 1 rings (SSSR count). The topological polar surface area (TPSA) is 79.0 Å². The molecule has 113 valence electrons. The number of isothiocyanates is 1. The molecule has 7 heteroatoms. The molecule has 0 amide bonds. The van der Waals surface area contributed by atoms with E-state index in [9.17, 15) is 5.11 Å². The molecule has 1 aromatic carbocycles. The van der Waals surface area contributed by atoms with Gasteiger partial charge in [0.1, 0.15) is 5.75 Å². The molecule has 0 heterocycles. The van der Waals surface area contributed by atoms with Gasteiger partial charge in [0.05, 0.1) is 13.7 Å². The Morgan fingerprint density at radius 1 is 1.55 bits per heavy atom. The minimum Gasteiger partial charge on any atom is -0.872 e. The minimum absolute atomic E-state index is 0. The number of nitrogens with zero attached hydrogens (tertiary/aromatic N) is 2. The summed E-state index contributed by atoms with van der Waals surface area (Å²) in [5.74, 6) is 0.515. The maximum Gasteiger partial charge on any atom is 2.00 e.